The summed E-state index contributed by atoms with van der Waals surface area (Å²) in [5.41, 5.74) is 5.61. The second-order valence-electron chi connectivity index (χ2n) is 2.42. The lowest BCUT2D eigenvalue weighted by Gasteiger charge is -2.18. The van der Waals surface area contributed by atoms with Crippen molar-refractivity contribution in [1.29, 1.82) is 0 Å². The minimum Gasteiger partial charge on any atom is -0.364 e. The van der Waals surface area contributed by atoms with Gasteiger partial charge in [0.25, 0.3) is 0 Å². The number of nitrogens with two attached hydrogens (primary N) is 1. The molecule has 1 unspecified atom stereocenters. The monoisotopic (exact) mass is 231 g/mol. The fourth-order valence-electron chi connectivity index (χ4n) is 0.479. The number of hydrogen-bond donors (Lipinski definition) is 1. The van der Waals surface area contributed by atoms with Gasteiger partial charge >= 0.3 is 0 Å². The van der Waals surface area contributed by atoms with E-state index in [1.807, 2.05) is 25.1 Å². The summed E-state index contributed by atoms with van der Waals surface area (Å²) in [5.74, 6) is 0. The Labute approximate surface area is 81.8 Å². The van der Waals surface area contributed by atoms with E-state index >= 15 is 0 Å². The largest absolute Gasteiger partial charge is 0.364 e. The first kappa shape index (κ1) is 11.4. The van der Waals surface area contributed by atoms with E-state index in [1.165, 1.54) is 0 Å². The molecule has 0 rings (SSSR count). The molecule has 1 atom stereocenters. The van der Waals surface area contributed by atoms with E-state index in [9.17, 15) is 0 Å². The van der Waals surface area contributed by atoms with Gasteiger partial charge in [-0.05, 0) is 35.6 Å². The fourth-order valence-corrected chi connectivity index (χ4v) is 0.920. The molecule has 0 amide bonds. The average Bonchev–Trinajstić information content (AvgIpc) is 2.00. The first-order valence-corrected chi connectivity index (χ1v) is 4.34. The summed E-state index contributed by atoms with van der Waals surface area (Å²) in [5, 5.41) is 0. The van der Waals surface area contributed by atoms with Crippen molar-refractivity contribution >= 4 is 22.6 Å². The Morgan fingerprint density at radius 3 is 2.75 bits per heavy atom. The Morgan fingerprint density at radius 1 is 1.75 bits per heavy atom. The lowest BCUT2D eigenvalue weighted by molar-refractivity contribution is 0.360. The van der Waals surface area contributed by atoms with Gasteiger partial charge in [-0.25, -0.2) is 0 Å². The Hall–Kier alpha value is -0.610. The van der Waals surface area contributed by atoms with Crippen LogP contribution in [0.5, 0.6) is 0 Å². The Kier molecular flexibility index (Phi) is 5.66. The standard InChI is InChI=1S/C8H14BrN3/c1-7(10)12(3)6-8(9)4-5-11-2/h4-7H,2,10H2,1,3H3/b5-4+,8-6+. The summed E-state index contributed by atoms with van der Waals surface area (Å²) >= 11 is 3.34. The van der Waals surface area contributed by atoms with Gasteiger partial charge in [0.1, 0.15) is 0 Å². The van der Waals surface area contributed by atoms with Crippen LogP contribution in [-0.4, -0.2) is 24.8 Å². The summed E-state index contributed by atoms with van der Waals surface area (Å²) < 4.78 is 0.912. The first-order valence-electron chi connectivity index (χ1n) is 3.55. The zero-order chi connectivity index (χ0) is 9.56. The Balaban J connectivity index is 4.15. The topological polar surface area (TPSA) is 41.6 Å². The van der Waals surface area contributed by atoms with Crippen LogP contribution in [0.1, 0.15) is 6.92 Å². The van der Waals surface area contributed by atoms with Crippen molar-refractivity contribution in [3.8, 4) is 0 Å². The summed E-state index contributed by atoms with van der Waals surface area (Å²) in [4.78, 5) is 5.46. The predicted octanol–water partition coefficient (Wildman–Crippen LogP) is 1.67. The highest BCUT2D eigenvalue weighted by Gasteiger charge is 1.96. The highest BCUT2D eigenvalue weighted by molar-refractivity contribution is 9.11. The maximum absolute atomic E-state index is 5.61. The molecule has 12 heavy (non-hydrogen) atoms. The normalized spacial score (nSPS) is 14.8. The quantitative estimate of drug-likeness (QED) is 0.455. The van der Waals surface area contributed by atoms with Crippen molar-refractivity contribution in [3.63, 3.8) is 0 Å². The fraction of sp³-hybridized carbons (Fsp3) is 0.375. The Bertz CT molecular complexity index is 196. The molecule has 0 aromatic rings. The van der Waals surface area contributed by atoms with Gasteiger partial charge in [-0.2, -0.15) is 0 Å². The lowest BCUT2D eigenvalue weighted by atomic mass is 10.5. The van der Waals surface area contributed by atoms with E-state index in [0.717, 1.165) is 4.48 Å². The van der Waals surface area contributed by atoms with Gasteiger partial charge in [0, 0.05) is 23.9 Å². The van der Waals surface area contributed by atoms with Gasteiger partial charge in [0.05, 0.1) is 6.17 Å². The van der Waals surface area contributed by atoms with E-state index in [0.29, 0.717) is 0 Å². The number of nitrogens with zero attached hydrogens (tertiary/aromatic N) is 2. The molecule has 0 heterocycles. The first-order chi connectivity index (χ1) is 5.57. The molecule has 68 valence electrons. The number of rotatable bonds is 4. The summed E-state index contributed by atoms with van der Waals surface area (Å²) in [6.45, 7) is 5.23. The maximum atomic E-state index is 5.61. The van der Waals surface area contributed by atoms with Crippen molar-refractivity contribution < 1.29 is 0 Å². The van der Waals surface area contributed by atoms with Crippen LogP contribution in [0.4, 0.5) is 0 Å². The van der Waals surface area contributed by atoms with Crippen LogP contribution in [0.15, 0.2) is 28.0 Å². The predicted molar refractivity (Wildman–Crippen MR) is 57.1 cm³/mol. The number of allylic oxidation sites excluding steroid dienone is 2. The summed E-state index contributed by atoms with van der Waals surface area (Å²) in [7, 11) is 1.90. The minimum absolute atomic E-state index is 0.00244. The van der Waals surface area contributed by atoms with Crippen molar-refractivity contribution in [2.24, 2.45) is 10.7 Å². The van der Waals surface area contributed by atoms with Gasteiger partial charge in [0.15, 0.2) is 0 Å². The molecule has 0 aliphatic heterocycles. The molecule has 0 aliphatic rings. The molecule has 0 aromatic carbocycles. The van der Waals surface area contributed by atoms with Crippen LogP contribution in [0, 0.1) is 0 Å². The lowest BCUT2D eigenvalue weighted by Crippen LogP contribution is -2.32. The van der Waals surface area contributed by atoms with E-state index in [1.54, 1.807) is 12.3 Å². The summed E-state index contributed by atoms with van der Waals surface area (Å²) in [6, 6.07) is 0. The molecule has 0 aliphatic carbocycles. The van der Waals surface area contributed by atoms with Crippen molar-refractivity contribution in [3.05, 3.63) is 23.0 Å². The molecule has 0 radical (unpaired) electrons. The van der Waals surface area contributed by atoms with E-state index < -0.39 is 0 Å². The second kappa shape index (κ2) is 5.97. The SMILES string of the molecule is C=N/C=C/C(Br)=C\N(C)C(C)N. The van der Waals surface area contributed by atoms with Crippen LogP contribution in [0.25, 0.3) is 0 Å². The summed E-state index contributed by atoms with van der Waals surface area (Å²) in [6.07, 6.45) is 5.29. The van der Waals surface area contributed by atoms with Crippen LogP contribution in [-0.2, 0) is 0 Å². The molecule has 3 nitrogen and oxygen atoms in total. The number of hydrogen-bond acceptors (Lipinski definition) is 3. The van der Waals surface area contributed by atoms with Gasteiger partial charge in [-0.1, -0.05) is 0 Å². The average molecular weight is 232 g/mol. The van der Waals surface area contributed by atoms with Gasteiger partial charge in [0.2, 0.25) is 0 Å². The van der Waals surface area contributed by atoms with E-state index in [2.05, 4.69) is 27.6 Å². The third-order valence-corrected chi connectivity index (χ3v) is 1.78. The number of halogens is 1. The van der Waals surface area contributed by atoms with Crippen LogP contribution < -0.4 is 5.73 Å². The number of aliphatic imine (C=N–C) groups is 1. The van der Waals surface area contributed by atoms with Gasteiger partial charge in [-0.3, -0.25) is 4.99 Å². The molecule has 0 saturated heterocycles. The molecule has 0 saturated carbocycles. The molecule has 0 bridgehead atoms. The molecule has 0 spiro atoms. The van der Waals surface area contributed by atoms with Gasteiger partial charge < -0.3 is 10.6 Å². The highest BCUT2D eigenvalue weighted by atomic mass is 79.9. The molecule has 2 N–H and O–H groups in total. The Morgan fingerprint density at radius 2 is 2.33 bits per heavy atom. The van der Waals surface area contributed by atoms with Crippen LogP contribution in [0.2, 0.25) is 0 Å². The minimum atomic E-state index is 0.00244. The maximum Gasteiger partial charge on any atom is 0.0733 e. The van der Waals surface area contributed by atoms with Crippen molar-refractivity contribution in [2.75, 3.05) is 7.05 Å². The zero-order valence-electron chi connectivity index (χ0n) is 7.37. The van der Waals surface area contributed by atoms with Crippen LogP contribution >= 0.6 is 15.9 Å². The third-order valence-electron chi connectivity index (χ3n) is 1.31. The van der Waals surface area contributed by atoms with Crippen molar-refractivity contribution in [1.82, 2.24) is 4.90 Å². The van der Waals surface area contributed by atoms with E-state index in [4.69, 9.17) is 5.73 Å². The van der Waals surface area contributed by atoms with Crippen LogP contribution in [0.3, 0.4) is 0 Å². The molecule has 0 aromatic heterocycles. The second-order valence-corrected chi connectivity index (χ2v) is 3.33. The third kappa shape index (κ3) is 5.09. The zero-order valence-corrected chi connectivity index (χ0v) is 8.95. The van der Waals surface area contributed by atoms with Gasteiger partial charge in [-0.15, -0.1) is 0 Å². The molecular formula is C8H14BrN3. The molecule has 0 fully saturated rings. The smallest absolute Gasteiger partial charge is 0.0733 e. The van der Waals surface area contributed by atoms with Crippen molar-refractivity contribution in [2.45, 2.75) is 13.1 Å². The molecular weight excluding hydrogens is 218 g/mol. The highest BCUT2D eigenvalue weighted by Crippen LogP contribution is 2.08. The molecule has 4 heteroatoms. The van der Waals surface area contributed by atoms with E-state index in [-0.39, 0.29) is 6.17 Å².